The summed E-state index contributed by atoms with van der Waals surface area (Å²) in [4.78, 5) is 3.87. The molecule has 2 N–H and O–H groups in total. The molecule has 1 aliphatic heterocycles. The minimum Gasteiger partial charge on any atom is -0.392 e. The van der Waals surface area contributed by atoms with Gasteiger partial charge < -0.3 is 19.7 Å². The lowest BCUT2D eigenvalue weighted by molar-refractivity contribution is -0.0610. The second kappa shape index (κ2) is 5.29. The van der Waals surface area contributed by atoms with E-state index < -0.39 is 5.60 Å². The van der Waals surface area contributed by atoms with E-state index in [1.807, 2.05) is 0 Å². The van der Waals surface area contributed by atoms with Gasteiger partial charge in [-0.3, -0.25) is 0 Å². The Hall–Kier alpha value is -0.720. The van der Waals surface area contributed by atoms with Crippen molar-refractivity contribution >= 4 is 11.6 Å². The van der Waals surface area contributed by atoms with Crippen molar-refractivity contribution in [1.29, 1.82) is 0 Å². The zero-order chi connectivity index (χ0) is 12.3. The SMILES string of the molecule is OCc1cnc(Cl)cc1C1(O)COCCOC1. The maximum Gasteiger partial charge on any atom is 0.137 e. The Bertz CT molecular complexity index is 391. The van der Waals surface area contributed by atoms with Crippen molar-refractivity contribution in [1.82, 2.24) is 4.98 Å². The minimum absolute atomic E-state index is 0.111. The lowest BCUT2D eigenvalue weighted by atomic mass is 9.92. The van der Waals surface area contributed by atoms with Crippen molar-refractivity contribution in [3.63, 3.8) is 0 Å². The van der Waals surface area contributed by atoms with E-state index in [2.05, 4.69) is 4.98 Å². The number of aliphatic hydroxyl groups excluding tert-OH is 1. The normalized spacial score (nSPS) is 19.9. The van der Waals surface area contributed by atoms with Crippen LogP contribution < -0.4 is 0 Å². The Morgan fingerprint density at radius 2 is 2.00 bits per heavy atom. The predicted molar refractivity (Wildman–Crippen MR) is 60.7 cm³/mol. The standard InChI is InChI=1S/C11H14ClNO4/c12-10-3-9(8(5-14)4-13-10)11(15)6-16-1-2-17-7-11/h3-4,14-15H,1-2,5-7H2. The highest BCUT2D eigenvalue weighted by atomic mass is 35.5. The first-order chi connectivity index (χ1) is 8.15. The molecule has 0 radical (unpaired) electrons. The monoisotopic (exact) mass is 259 g/mol. The number of rotatable bonds is 2. The molecular formula is C11H14ClNO4. The molecule has 94 valence electrons. The van der Waals surface area contributed by atoms with E-state index in [0.717, 1.165) is 0 Å². The third-order valence-electron chi connectivity index (χ3n) is 2.68. The Balaban J connectivity index is 2.38. The fourth-order valence-corrected chi connectivity index (χ4v) is 1.97. The van der Waals surface area contributed by atoms with Crippen molar-refractivity contribution in [3.8, 4) is 0 Å². The number of hydrogen-bond acceptors (Lipinski definition) is 5. The van der Waals surface area contributed by atoms with Crippen molar-refractivity contribution in [2.45, 2.75) is 12.2 Å². The second-order valence-corrected chi connectivity index (χ2v) is 4.35. The molecule has 0 aliphatic carbocycles. The Labute approximate surface area is 104 Å². The number of aromatic nitrogens is 1. The third-order valence-corrected chi connectivity index (χ3v) is 2.89. The van der Waals surface area contributed by atoms with E-state index in [4.69, 9.17) is 21.1 Å². The van der Waals surface area contributed by atoms with Crippen LogP contribution in [0.1, 0.15) is 11.1 Å². The molecule has 0 aromatic carbocycles. The van der Waals surface area contributed by atoms with Crippen molar-refractivity contribution < 1.29 is 19.7 Å². The van der Waals surface area contributed by atoms with Crippen LogP contribution in [0.3, 0.4) is 0 Å². The summed E-state index contributed by atoms with van der Waals surface area (Å²) < 4.78 is 10.6. The summed E-state index contributed by atoms with van der Waals surface area (Å²) in [6, 6.07) is 1.53. The lowest BCUT2D eigenvalue weighted by Crippen LogP contribution is -2.36. The summed E-state index contributed by atoms with van der Waals surface area (Å²) in [5.74, 6) is 0. The van der Waals surface area contributed by atoms with Gasteiger partial charge in [0.1, 0.15) is 10.8 Å². The van der Waals surface area contributed by atoms with Gasteiger partial charge >= 0.3 is 0 Å². The first kappa shape index (κ1) is 12.7. The molecule has 0 unspecified atom stereocenters. The third kappa shape index (κ3) is 2.75. The largest absolute Gasteiger partial charge is 0.392 e. The molecule has 0 atom stereocenters. The molecule has 1 aromatic heterocycles. The summed E-state index contributed by atoms with van der Waals surface area (Å²) in [5.41, 5.74) is -0.269. The number of aliphatic hydroxyl groups is 2. The van der Waals surface area contributed by atoms with Crippen LogP contribution in [0.25, 0.3) is 0 Å². The zero-order valence-electron chi connectivity index (χ0n) is 9.23. The molecular weight excluding hydrogens is 246 g/mol. The van der Waals surface area contributed by atoms with Gasteiger partial charge in [0.05, 0.1) is 33.0 Å². The molecule has 2 heterocycles. The molecule has 1 aliphatic rings. The van der Waals surface area contributed by atoms with Gasteiger partial charge in [0.25, 0.3) is 0 Å². The van der Waals surface area contributed by atoms with E-state index in [9.17, 15) is 10.2 Å². The lowest BCUT2D eigenvalue weighted by Gasteiger charge is -2.27. The average molecular weight is 260 g/mol. The quantitative estimate of drug-likeness (QED) is 0.755. The van der Waals surface area contributed by atoms with Gasteiger partial charge in [-0.1, -0.05) is 11.6 Å². The molecule has 17 heavy (non-hydrogen) atoms. The average Bonchev–Trinajstić information content (AvgIpc) is 2.55. The molecule has 0 bridgehead atoms. The Morgan fingerprint density at radius 3 is 2.59 bits per heavy atom. The molecule has 2 rings (SSSR count). The minimum atomic E-state index is -1.29. The van der Waals surface area contributed by atoms with E-state index in [0.29, 0.717) is 24.3 Å². The predicted octanol–water partition coefficient (Wildman–Crippen LogP) is 0.462. The highest BCUT2D eigenvalue weighted by Crippen LogP contribution is 2.28. The van der Waals surface area contributed by atoms with Gasteiger partial charge in [0.15, 0.2) is 0 Å². The van der Waals surface area contributed by atoms with Gasteiger partial charge in [-0.15, -0.1) is 0 Å². The highest BCUT2D eigenvalue weighted by Gasteiger charge is 2.34. The maximum absolute atomic E-state index is 10.5. The van der Waals surface area contributed by atoms with Gasteiger partial charge in [-0.2, -0.15) is 0 Å². The molecule has 0 amide bonds. The molecule has 0 saturated carbocycles. The van der Waals surface area contributed by atoms with Gasteiger partial charge in [-0.25, -0.2) is 4.98 Å². The first-order valence-corrected chi connectivity index (χ1v) is 5.67. The van der Waals surface area contributed by atoms with Crippen LogP contribution in [-0.4, -0.2) is 41.6 Å². The summed E-state index contributed by atoms with van der Waals surface area (Å²) in [6.45, 7) is 0.883. The van der Waals surface area contributed by atoms with Crippen molar-refractivity contribution in [2.75, 3.05) is 26.4 Å². The van der Waals surface area contributed by atoms with Crippen LogP contribution in [0.15, 0.2) is 12.3 Å². The number of hydrogen-bond donors (Lipinski definition) is 2. The molecule has 5 nitrogen and oxygen atoms in total. The Morgan fingerprint density at radius 1 is 1.35 bits per heavy atom. The topological polar surface area (TPSA) is 71.8 Å². The smallest absolute Gasteiger partial charge is 0.137 e. The highest BCUT2D eigenvalue weighted by molar-refractivity contribution is 6.29. The maximum atomic E-state index is 10.5. The van der Waals surface area contributed by atoms with Crippen LogP contribution in [-0.2, 0) is 21.7 Å². The number of nitrogens with zero attached hydrogens (tertiary/aromatic N) is 1. The fourth-order valence-electron chi connectivity index (χ4n) is 1.81. The summed E-state index contributed by atoms with van der Waals surface area (Å²) >= 11 is 5.81. The molecule has 1 fully saturated rings. The van der Waals surface area contributed by atoms with Crippen LogP contribution in [0.2, 0.25) is 5.15 Å². The van der Waals surface area contributed by atoms with E-state index in [-0.39, 0.29) is 25.0 Å². The number of pyridine rings is 1. The van der Waals surface area contributed by atoms with E-state index in [1.54, 1.807) is 0 Å². The summed E-state index contributed by atoms with van der Waals surface area (Å²) in [7, 11) is 0. The summed E-state index contributed by atoms with van der Waals surface area (Å²) in [5, 5.41) is 20.0. The Kier molecular flexibility index (Phi) is 3.96. The van der Waals surface area contributed by atoms with Gasteiger partial charge in [-0.05, 0) is 11.6 Å². The van der Waals surface area contributed by atoms with Gasteiger partial charge in [0, 0.05) is 11.8 Å². The van der Waals surface area contributed by atoms with E-state index in [1.165, 1.54) is 12.3 Å². The van der Waals surface area contributed by atoms with Crippen molar-refractivity contribution in [2.24, 2.45) is 0 Å². The molecule has 0 spiro atoms. The van der Waals surface area contributed by atoms with E-state index >= 15 is 0 Å². The summed E-state index contributed by atoms with van der Waals surface area (Å²) in [6.07, 6.45) is 1.44. The fraction of sp³-hybridized carbons (Fsp3) is 0.545. The van der Waals surface area contributed by atoms with Crippen LogP contribution >= 0.6 is 11.6 Å². The zero-order valence-corrected chi connectivity index (χ0v) is 9.98. The van der Waals surface area contributed by atoms with Crippen LogP contribution in [0.5, 0.6) is 0 Å². The number of halogens is 1. The van der Waals surface area contributed by atoms with Crippen LogP contribution in [0, 0.1) is 0 Å². The molecule has 1 aromatic rings. The van der Waals surface area contributed by atoms with Crippen LogP contribution in [0.4, 0.5) is 0 Å². The molecule has 6 heteroatoms. The second-order valence-electron chi connectivity index (χ2n) is 3.96. The first-order valence-electron chi connectivity index (χ1n) is 5.29. The number of ether oxygens (including phenoxy) is 2. The molecule has 1 saturated heterocycles. The van der Waals surface area contributed by atoms with Gasteiger partial charge in [0.2, 0.25) is 0 Å². The van der Waals surface area contributed by atoms with Crippen molar-refractivity contribution in [3.05, 3.63) is 28.5 Å².